The third kappa shape index (κ3) is 3.64. The molecule has 1 N–H and O–H groups in total. The lowest BCUT2D eigenvalue weighted by atomic mass is 10.2. The van der Waals surface area contributed by atoms with Crippen LogP contribution in [-0.2, 0) is 4.79 Å². The van der Waals surface area contributed by atoms with E-state index in [-0.39, 0.29) is 23.9 Å². The van der Waals surface area contributed by atoms with Crippen LogP contribution in [0.4, 0.5) is 5.69 Å². The highest BCUT2D eigenvalue weighted by molar-refractivity contribution is 7.99. The number of nitrogens with zero attached hydrogens (tertiary/aromatic N) is 4. The van der Waals surface area contributed by atoms with E-state index in [1.54, 1.807) is 34.7 Å². The summed E-state index contributed by atoms with van der Waals surface area (Å²) in [5.41, 5.74) is 3.00. The fraction of sp³-hybridized carbons (Fsp3) is 0.217. The van der Waals surface area contributed by atoms with Gasteiger partial charge in [-0.3, -0.25) is 14.2 Å². The highest BCUT2D eigenvalue weighted by Gasteiger charge is 2.29. The van der Waals surface area contributed by atoms with E-state index in [0.717, 1.165) is 11.3 Å². The Morgan fingerprint density at radius 3 is 2.84 bits per heavy atom. The van der Waals surface area contributed by atoms with Crippen LogP contribution in [0, 0.1) is 6.92 Å². The Kier molecular flexibility index (Phi) is 5.18. The Morgan fingerprint density at radius 2 is 2.06 bits per heavy atom. The van der Waals surface area contributed by atoms with E-state index < -0.39 is 0 Å². The van der Waals surface area contributed by atoms with Crippen LogP contribution in [-0.4, -0.2) is 38.1 Å². The second kappa shape index (κ2) is 8.16. The maximum Gasteiger partial charge on any atom is 0.265 e. The van der Waals surface area contributed by atoms with Gasteiger partial charge in [-0.1, -0.05) is 35.5 Å². The van der Waals surface area contributed by atoms with Gasteiger partial charge in [-0.25, -0.2) is 9.67 Å². The van der Waals surface area contributed by atoms with Crippen molar-refractivity contribution in [1.29, 1.82) is 0 Å². The molecule has 2 aromatic carbocycles. The van der Waals surface area contributed by atoms with Crippen LogP contribution < -0.4 is 15.6 Å². The zero-order valence-corrected chi connectivity index (χ0v) is 18.4. The molecule has 0 bridgehead atoms. The fourth-order valence-electron chi connectivity index (χ4n) is 3.78. The monoisotopic (exact) mass is 447 g/mol. The molecular formula is C23H21N5O3S. The van der Waals surface area contributed by atoms with Crippen LogP contribution >= 0.6 is 11.8 Å². The van der Waals surface area contributed by atoms with Crippen molar-refractivity contribution in [2.75, 3.05) is 18.2 Å². The summed E-state index contributed by atoms with van der Waals surface area (Å²) in [5.74, 6) is 1.11. The van der Waals surface area contributed by atoms with Crippen LogP contribution in [0.15, 0.2) is 64.7 Å². The van der Waals surface area contributed by atoms with Gasteiger partial charge in [0.2, 0.25) is 5.91 Å². The number of aromatic nitrogens is 4. The standard InChI is InChI=1S/C23H21N5O3S/c1-14-6-8-16(9-7-14)28-21-19(12-24-28)22(30)27-17(13-32-23(27)26-21)11-20(29)25-15-4-3-5-18(10-15)31-2/h3-10,12,17H,11,13H2,1-2H3,(H,25,29). The van der Waals surface area contributed by atoms with E-state index in [1.807, 2.05) is 43.3 Å². The predicted molar refractivity (Wildman–Crippen MR) is 124 cm³/mol. The van der Waals surface area contributed by atoms with Gasteiger partial charge < -0.3 is 10.1 Å². The van der Waals surface area contributed by atoms with Gasteiger partial charge >= 0.3 is 0 Å². The van der Waals surface area contributed by atoms with Gasteiger partial charge in [-0.15, -0.1) is 0 Å². The molecule has 162 valence electrons. The van der Waals surface area contributed by atoms with Gasteiger partial charge in [0.05, 0.1) is 25.0 Å². The number of anilines is 1. The van der Waals surface area contributed by atoms with Crippen molar-refractivity contribution in [3.05, 3.63) is 70.6 Å². The van der Waals surface area contributed by atoms with E-state index in [9.17, 15) is 9.59 Å². The SMILES string of the molecule is COc1cccc(NC(=O)CC2CSc3nc4c(cnn4-c4ccc(C)cc4)c(=O)n32)c1. The van der Waals surface area contributed by atoms with Crippen LogP contribution in [0.2, 0.25) is 0 Å². The minimum absolute atomic E-state index is 0.168. The quantitative estimate of drug-likeness (QED) is 0.470. The van der Waals surface area contributed by atoms with Crippen molar-refractivity contribution in [2.45, 2.75) is 24.5 Å². The molecule has 0 spiro atoms. The molecule has 0 aliphatic carbocycles. The molecule has 1 aliphatic heterocycles. The van der Waals surface area contributed by atoms with Crippen molar-refractivity contribution >= 4 is 34.4 Å². The summed E-state index contributed by atoms with van der Waals surface area (Å²) in [4.78, 5) is 30.6. The average molecular weight is 448 g/mol. The topological polar surface area (TPSA) is 91.0 Å². The van der Waals surface area contributed by atoms with Gasteiger partial charge in [0.25, 0.3) is 5.56 Å². The first-order valence-corrected chi connectivity index (χ1v) is 11.2. The Morgan fingerprint density at radius 1 is 1.25 bits per heavy atom. The molecule has 32 heavy (non-hydrogen) atoms. The van der Waals surface area contributed by atoms with Gasteiger partial charge in [0.1, 0.15) is 11.1 Å². The normalized spacial score (nSPS) is 15.0. The second-order valence-electron chi connectivity index (χ2n) is 7.65. The summed E-state index contributed by atoms with van der Waals surface area (Å²) < 4.78 is 8.50. The van der Waals surface area contributed by atoms with Gasteiger partial charge in [0, 0.05) is 23.9 Å². The summed E-state index contributed by atoms with van der Waals surface area (Å²) in [7, 11) is 1.58. The lowest BCUT2D eigenvalue weighted by Gasteiger charge is -2.14. The minimum Gasteiger partial charge on any atom is -0.497 e. The van der Waals surface area contributed by atoms with Crippen LogP contribution in [0.3, 0.4) is 0 Å². The molecule has 0 saturated carbocycles. The van der Waals surface area contributed by atoms with Gasteiger partial charge in [0.15, 0.2) is 10.8 Å². The zero-order valence-electron chi connectivity index (χ0n) is 17.6. The van der Waals surface area contributed by atoms with E-state index in [0.29, 0.717) is 33.4 Å². The number of benzene rings is 2. The van der Waals surface area contributed by atoms with Crippen molar-refractivity contribution in [2.24, 2.45) is 0 Å². The molecule has 0 radical (unpaired) electrons. The Bertz CT molecular complexity index is 1380. The zero-order chi connectivity index (χ0) is 22.2. The van der Waals surface area contributed by atoms with Gasteiger partial charge in [-0.2, -0.15) is 5.10 Å². The number of amides is 1. The van der Waals surface area contributed by atoms with Crippen molar-refractivity contribution in [3.63, 3.8) is 0 Å². The Hall–Kier alpha value is -3.59. The van der Waals surface area contributed by atoms with Crippen LogP contribution in [0.1, 0.15) is 18.0 Å². The lowest BCUT2D eigenvalue weighted by Crippen LogP contribution is -2.27. The van der Waals surface area contributed by atoms with Crippen LogP contribution in [0.25, 0.3) is 16.7 Å². The number of nitrogens with one attached hydrogen (secondary N) is 1. The molecule has 3 heterocycles. The number of ether oxygens (including phenoxy) is 1. The molecule has 8 nitrogen and oxygen atoms in total. The van der Waals surface area contributed by atoms with E-state index in [4.69, 9.17) is 9.72 Å². The highest BCUT2D eigenvalue weighted by Crippen LogP contribution is 2.33. The number of aryl methyl sites for hydroxylation is 1. The number of methoxy groups -OCH3 is 1. The Balaban J connectivity index is 1.42. The van der Waals surface area contributed by atoms with E-state index in [2.05, 4.69) is 10.4 Å². The second-order valence-corrected chi connectivity index (χ2v) is 8.63. The van der Waals surface area contributed by atoms with Crippen molar-refractivity contribution in [3.8, 4) is 11.4 Å². The Labute approximate surface area is 188 Å². The molecule has 0 fully saturated rings. The number of carbonyl (C=O) groups is 1. The first kappa shape index (κ1) is 20.3. The smallest absolute Gasteiger partial charge is 0.265 e. The first-order chi connectivity index (χ1) is 15.5. The molecule has 5 rings (SSSR count). The number of rotatable bonds is 5. The van der Waals surface area contributed by atoms with E-state index >= 15 is 0 Å². The molecule has 2 aromatic heterocycles. The third-order valence-electron chi connectivity index (χ3n) is 5.42. The molecule has 1 atom stereocenters. The molecule has 4 aromatic rings. The molecule has 1 aliphatic rings. The summed E-state index contributed by atoms with van der Waals surface area (Å²) >= 11 is 1.48. The fourth-order valence-corrected chi connectivity index (χ4v) is 4.91. The summed E-state index contributed by atoms with van der Waals surface area (Å²) in [6.45, 7) is 2.02. The maximum atomic E-state index is 13.3. The number of thioether (sulfide) groups is 1. The van der Waals surface area contributed by atoms with Crippen LogP contribution in [0.5, 0.6) is 5.75 Å². The number of hydrogen-bond donors (Lipinski definition) is 1. The van der Waals surface area contributed by atoms with E-state index in [1.165, 1.54) is 11.8 Å². The lowest BCUT2D eigenvalue weighted by molar-refractivity contribution is -0.116. The number of carbonyl (C=O) groups excluding carboxylic acids is 1. The largest absolute Gasteiger partial charge is 0.497 e. The molecular weight excluding hydrogens is 426 g/mol. The predicted octanol–water partition coefficient (Wildman–Crippen LogP) is 3.57. The summed E-state index contributed by atoms with van der Waals surface area (Å²) in [6, 6.07) is 14.8. The number of hydrogen-bond acceptors (Lipinski definition) is 6. The molecule has 0 saturated heterocycles. The molecule has 1 unspecified atom stereocenters. The van der Waals surface area contributed by atoms with Gasteiger partial charge in [-0.05, 0) is 31.2 Å². The highest BCUT2D eigenvalue weighted by atomic mass is 32.2. The molecule has 1 amide bonds. The summed E-state index contributed by atoms with van der Waals surface area (Å²) in [5, 5.41) is 8.32. The summed E-state index contributed by atoms with van der Waals surface area (Å²) in [6.07, 6.45) is 1.73. The van der Waals surface area contributed by atoms with Crippen molar-refractivity contribution < 1.29 is 9.53 Å². The first-order valence-electron chi connectivity index (χ1n) is 10.2. The van der Waals surface area contributed by atoms with Crippen molar-refractivity contribution in [1.82, 2.24) is 19.3 Å². The maximum absolute atomic E-state index is 13.3. The molecule has 9 heteroatoms. The third-order valence-corrected chi connectivity index (χ3v) is 6.52. The number of fused-ring (bicyclic) bond motifs is 2. The average Bonchev–Trinajstić information content (AvgIpc) is 3.39. The minimum atomic E-state index is -0.271.